The highest BCUT2D eigenvalue weighted by Gasteiger charge is 2.21. The van der Waals surface area contributed by atoms with E-state index in [2.05, 4.69) is 17.3 Å². The SMILES string of the molecule is C/C(CCc1ccc(OCC2CC2)cc1)=N\O. The molecule has 0 aromatic heterocycles. The van der Waals surface area contributed by atoms with Crippen LogP contribution in [0.2, 0.25) is 0 Å². The van der Waals surface area contributed by atoms with Gasteiger partial charge in [-0.25, -0.2) is 0 Å². The number of aryl methyl sites for hydroxylation is 1. The van der Waals surface area contributed by atoms with E-state index < -0.39 is 0 Å². The molecule has 1 aliphatic carbocycles. The van der Waals surface area contributed by atoms with Crippen LogP contribution in [0.5, 0.6) is 5.75 Å². The van der Waals surface area contributed by atoms with Gasteiger partial charge in [0.25, 0.3) is 0 Å². The Bertz CT molecular complexity index is 380. The van der Waals surface area contributed by atoms with Gasteiger partial charge in [-0.3, -0.25) is 0 Å². The smallest absolute Gasteiger partial charge is 0.119 e. The van der Waals surface area contributed by atoms with Crippen molar-refractivity contribution in [3.63, 3.8) is 0 Å². The molecule has 1 aliphatic rings. The monoisotopic (exact) mass is 233 g/mol. The average molecular weight is 233 g/mol. The summed E-state index contributed by atoms with van der Waals surface area (Å²) < 4.78 is 5.67. The molecule has 0 heterocycles. The van der Waals surface area contributed by atoms with Crippen LogP contribution in [0.25, 0.3) is 0 Å². The fourth-order valence-electron chi connectivity index (χ4n) is 1.63. The molecule has 0 atom stereocenters. The topological polar surface area (TPSA) is 41.8 Å². The summed E-state index contributed by atoms with van der Waals surface area (Å²) in [6.45, 7) is 2.68. The van der Waals surface area contributed by atoms with Gasteiger partial charge < -0.3 is 9.94 Å². The highest BCUT2D eigenvalue weighted by atomic mass is 16.5. The summed E-state index contributed by atoms with van der Waals surface area (Å²) in [5.41, 5.74) is 2.01. The fourth-order valence-corrected chi connectivity index (χ4v) is 1.63. The minimum absolute atomic E-state index is 0.763. The molecule has 3 heteroatoms. The Morgan fingerprint density at radius 2 is 2.06 bits per heavy atom. The molecule has 0 aliphatic heterocycles. The van der Waals surface area contributed by atoms with E-state index >= 15 is 0 Å². The second-order valence-corrected chi connectivity index (χ2v) is 4.73. The zero-order valence-corrected chi connectivity index (χ0v) is 10.2. The molecule has 1 aromatic carbocycles. The van der Waals surface area contributed by atoms with Crippen LogP contribution in [0.15, 0.2) is 29.4 Å². The first-order valence-electron chi connectivity index (χ1n) is 6.17. The van der Waals surface area contributed by atoms with Gasteiger partial charge in [0.15, 0.2) is 0 Å². The van der Waals surface area contributed by atoms with E-state index in [0.717, 1.165) is 36.8 Å². The van der Waals surface area contributed by atoms with Crippen LogP contribution < -0.4 is 4.74 Å². The molecule has 1 fully saturated rings. The summed E-state index contributed by atoms with van der Waals surface area (Å²) in [6.07, 6.45) is 4.33. The number of hydrogen-bond acceptors (Lipinski definition) is 3. The summed E-state index contributed by atoms with van der Waals surface area (Å²) in [5, 5.41) is 11.7. The fraction of sp³-hybridized carbons (Fsp3) is 0.500. The number of nitrogens with zero attached hydrogens (tertiary/aromatic N) is 1. The lowest BCUT2D eigenvalue weighted by atomic mass is 10.1. The summed E-state index contributed by atoms with van der Waals surface area (Å²) in [5.74, 6) is 1.74. The Morgan fingerprint density at radius 1 is 1.35 bits per heavy atom. The van der Waals surface area contributed by atoms with E-state index in [4.69, 9.17) is 9.94 Å². The quantitative estimate of drug-likeness (QED) is 0.465. The van der Waals surface area contributed by atoms with Gasteiger partial charge in [-0.15, -0.1) is 0 Å². The van der Waals surface area contributed by atoms with E-state index in [-0.39, 0.29) is 0 Å². The molecular weight excluding hydrogens is 214 g/mol. The van der Waals surface area contributed by atoms with Crippen molar-refractivity contribution < 1.29 is 9.94 Å². The van der Waals surface area contributed by atoms with Gasteiger partial charge in [0.05, 0.1) is 12.3 Å². The Hall–Kier alpha value is -1.51. The molecule has 0 bridgehead atoms. The van der Waals surface area contributed by atoms with E-state index in [9.17, 15) is 0 Å². The number of rotatable bonds is 6. The van der Waals surface area contributed by atoms with Crippen LogP contribution in [0.3, 0.4) is 0 Å². The van der Waals surface area contributed by atoms with E-state index in [1.165, 1.54) is 18.4 Å². The lowest BCUT2D eigenvalue weighted by Crippen LogP contribution is -1.99. The first-order valence-corrected chi connectivity index (χ1v) is 6.17. The Labute approximate surface area is 102 Å². The average Bonchev–Trinajstić information content (AvgIpc) is 3.18. The van der Waals surface area contributed by atoms with Gasteiger partial charge in [-0.2, -0.15) is 0 Å². The van der Waals surface area contributed by atoms with Crippen molar-refractivity contribution in [1.29, 1.82) is 0 Å². The van der Waals surface area contributed by atoms with Crippen molar-refractivity contribution in [2.45, 2.75) is 32.6 Å². The molecule has 0 saturated heterocycles. The van der Waals surface area contributed by atoms with Gasteiger partial charge in [0.2, 0.25) is 0 Å². The number of benzene rings is 1. The Kier molecular flexibility index (Phi) is 4.02. The van der Waals surface area contributed by atoms with Crippen LogP contribution >= 0.6 is 0 Å². The summed E-state index contributed by atoms with van der Waals surface area (Å²) in [4.78, 5) is 0. The van der Waals surface area contributed by atoms with Crippen LogP contribution in [0, 0.1) is 5.92 Å². The minimum atomic E-state index is 0.763. The first kappa shape index (κ1) is 12.0. The lowest BCUT2D eigenvalue weighted by molar-refractivity contribution is 0.299. The highest BCUT2D eigenvalue weighted by molar-refractivity contribution is 5.81. The largest absolute Gasteiger partial charge is 0.493 e. The molecule has 17 heavy (non-hydrogen) atoms. The zero-order chi connectivity index (χ0) is 12.1. The second-order valence-electron chi connectivity index (χ2n) is 4.73. The predicted molar refractivity (Wildman–Crippen MR) is 67.9 cm³/mol. The Morgan fingerprint density at radius 3 is 2.65 bits per heavy atom. The Balaban J connectivity index is 1.79. The standard InChI is InChI=1S/C14H19NO2/c1-11(15-16)2-3-12-6-8-14(9-7-12)17-10-13-4-5-13/h6-9,13,16H,2-5,10H2,1H3/b15-11+. The molecular formula is C14H19NO2. The maximum absolute atomic E-state index is 8.55. The lowest BCUT2D eigenvalue weighted by Gasteiger charge is -2.06. The van der Waals surface area contributed by atoms with Crippen molar-refractivity contribution in [3.8, 4) is 5.75 Å². The summed E-state index contributed by atoms with van der Waals surface area (Å²) in [7, 11) is 0. The van der Waals surface area contributed by atoms with Crippen molar-refractivity contribution in [1.82, 2.24) is 0 Å². The maximum atomic E-state index is 8.55. The number of ether oxygens (including phenoxy) is 1. The van der Waals surface area contributed by atoms with Crippen molar-refractivity contribution in [3.05, 3.63) is 29.8 Å². The second kappa shape index (κ2) is 5.71. The maximum Gasteiger partial charge on any atom is 0.119 e. The van der Waals surface area contributed by atoms with Crippen molar-refractivity contribution in [2.75, 3.05) is 6.61 Å². The highest BCUT2D eigenvalue weighted by Crippen LogP contribution is 2.29. The third-order valence-electron chi connectivity index (χ3n) is 3.05. The molecule has 3 nitrogen and oxygen atoms in total. The molecule has 92 valence electrons. The molecule has 0 radical (unpaired) electrons. The molecule has 0 unspecified atom stereocenters. The van der Waals surface area contributed by atoms with Gasteiger partial charge in [0, 0.05) is 0 Å². The third kappa shape index (κ3) is 4.10. The summed E-state index contributed by atoms with van der Waals surface area (Å²) in [6, 6.07) is 8.19. The molecule has 1 aromatic rings. The van der Waals surface area contributed by atoms with Crippen LogP contribution in [0.4, 0.5) is 0 Å². The molecule has 2 rings (SSSR count). The minimum Gasteiger partial charge on any atom is -0.493 e. The van der Waals surface area contributed by atoms with Gasteiger partial charge >= 0.3 is 0 Å². The zero-order valence-electron chi connectivity index (χ0n) is 10.2. The normalized spacial score (nSPS) is 15.9. The molecule has 1 N–H and O–H groups in total. The van der Waals surface area contributed by atoms with Gasteiger partial charge in [-0.1, -0.05) is 17.3 Å². The van der Waals surface area contributed by atoms with Gasteiger partial charge in [-0.05, 0) is 56.2 Å². The van der Waals surface area contributed by atoms with Gasteiger partial charge in [0.1, 0.15) is 5.75 Å². The predicted octanol–water partition coefficient (Wildman–Crippen LogP) is 3.26. The van der Waals surface area contributed by atoms with Crippen LogP contribution in [0.1, 0.15) is 31.7 Å². The van der Waals surface area contributed by atoms with E-state index in [1.807, 2.05) is 19.1 Å². The van der Waals surface area contributed by atoms with Crippen molar-refractivity contribution >= 4 is 5.71 Å². The first-order chi connectivity index (χ1) is 8.28. The number of oxime groups is 1. The molecule has 0 amide bonds. The van der Waals surface area contributed by atoms with Crippen LogP contribution in [-0.2, 0) is 6.42 Å². The summed E-state index contributed by atoms with van der Waals surface area (Å²) >= 11 is 0. The molecule has 0 spiro atoms. The number of hydrogen-bond donors (Lipinski definition) is 1. The van der Waals surface area contributed by atoms with E-state index in [0.29, 0.717) is 0 Å². The van der Waals surface area contributed by atoms with Crippen molar-refractivity contribution in [2.24, 2.45) is 11.1 Å². The molecule has 1 saturated carbocycles. The van der Waals surface area contributed by atoms with E-state index in [1.54, 1.807) is 0 Å². The van der Waals surface area contributed by atoms with Crippen LogP contribution in [-0.4, -0.2) is 17.5 Å². The third-order valence-corrected chi connectivity index (χ3v) is 3.05.